The van der Waals surface area contributed by atoms with Gasteiger partial charge in [-0.25, -0.2) is 0 Å². The van der Waals surface area contributed by atoms with Crippen molar-refractivity contribution in [3.8, 4) is 0 Å². The topological polar surface area (TPSA) is 78.9 Å². The Morgan fingerprint density at radius 1 is 1.17 bits per heavy atom. The van der Waals surface area contributed by atoms with E-state index in [1.54, 1.807) is 0 Å². The van der Waals surface area contributed by atoms with Crippen molar-refractivity contribution >= 4 is 17.9 Å². The first-order valence-corrected chi connectivity index (χ1v) is 11.3. The average molecular weight is 421 g/mol. The first-order valence-electron chi connectivity index (χ1n) is 11.3. The summed E-state index contributed by atoms with van der Waals surface area (Å²) in [5, 5.41) is 0. The molecule has 1 saturated heterocycles. The Balaban J connectivity index is 1.95. The van der Waals surface area contributed by atoms with Crippen molar-refractivity contribution < 1.29 is 28.6 Å². The largest absolute Gasteiger partial charge is 0.462 e. The number of ether oxygens (including phenoxy) is 3. The molecule has 1 heterocycles. The van der Waals surface area contributed by atoms with E-state index in [9.17, 15) is 14.4 Å². The third-order valence-electron chi connectivity index (χ3n) is 5.56. The molecule has 2 fully saturated rings. The maximum atomic E-state index is 11.6. The molecule has 0 aromatic carbocycles. The highest BCUT2D eigenvalue weighted by atomic mass is 16.6. The quantitative estimate of drug-likeness (QED) is 0.198. The lowest BCUT2D eigenvalue weighted by Gasteiger charge is -2.23. The van der Waals surface area contributed by atoms with Crippen LogP contribution in [0.25, 0.3) is 0 Å². The number of unbranched alkanes of at least 4 members (excludes halogenated alkanes) is 3. The van der Waals surface area contributed by atoms with Crippen molar-refractivity contribution in [1.82, 2.24) is 0 Å². The predicted molar refractivity (Wildman–Crippen MR) is 113 cm³/mol. The van der Waals surface area contributed by atoms with Crippen molar-refractivity contribution in [2.24, 2.45) is 11.8 Å². The Morgan fingerprint density at radius 2 is 1.93 bits per heavy atom. The summed E-state index contributed by atoms with van der Waals surface area (Å²) in [5.74, 6) is -0.305. The molecule has 30 heavy (non-hydrogen) atoms. The van der Waals surface area contributed by atoms with Gasteiger partial charge in [0, 0.05) is 32.6 Å². The molecule has 1 aliphatic carbocycles. The number of hydrogen-bond donors (Lipinski definition) is 0. The fourth-order valence-corrected chi connectivity index (χ4v) is 3.93. The number of hydrogen-bond acceptors (Lipinski definition) is 6. The van der Waals surface area contributed by atoms with Crippen LogP contribution < -0.4 is 0 Å². The SMILES string of the molecule is CCCCC/C=C\C[C@H](OC(C)=O)[C@@H](/C=C/[C@H]1C[C@@H]1[C@H]1CCCC(=O)O1)OC(C)=O. The molecule has 2 aliphatic rings. The summed E-state index contributed by atoms with van der Waals surface area (Å²) in [6.07, 6.45) is 14.9. The van der Waals surface area contributed by atoms with Crippen LogP contribution in [-0.4, -0.2) is 36.2 Å². The van der Waals surface area contributed by atoms with E-state index in [1.165, 1.54) is 26.7 Å². The summed E-state index contributed by atoms with van der Waals surface area (Å²) in [6, 6.07) is 0. The molecule has 0 aromatic heterocycles. The molecule has 0 amide bonds. The van der Waals surface area contributed by atoms with Crippen LogP contribution in [0.4, 0.5) is 0 Å². The molecular formula is C24H36O6. The van der Waals surface area contributed by atoms with Crippen molar-refractivity contribution in [1.29, 1.82) is 0 Å². The second-order valence-corrected chi connectivity index (χ2v) is 8.29. The molecule has 5 atom stereocenters. The average Bonchev–Trinajstić information content (AvgIpc) is 3.46. The molecule has 0 unspecified atom stereocenters. The molecule has 1 saturated carbocycles. The van der Waals surface area contributed by atoms with Crippen LogP contribution in [0, 0.1) is 11.8 Å². The molecule has 2 rings (SSSR count). The molecule has 0 radical (unpaired) electrons. The lowest BCUT2D eigenvalue weighted by Crippen LogP contribution is -2.32. The van der Waals surface area contributed by atoms with Crippen LogP contribution in [0.3, 0.4) is 0 Å². The van der Waals surface area contributed by atoms with Crippen molar-refractivity contribution in [3.63, 3.8) is 0 Å². The maximum Gasteiger partial charge on any atom is 0.306 e. The highest BCUT2D eigenvalue weighted by Crippen LogP contribution is 2.46. The lowest BCUT2D eigenvalue weighted by molar-refractivity contribution is -0.161. The van der Waals surface area contributed by atoms with Gasteiger partial charge in [-0.2, -0.15) is 0 Å². The fourth-order valence-electron chi connectivity index (χ4n) is 3.93. The smallest absolute Gasteiger partial charge is 0.306 e. The zero-order valence-electron chi connectivity index (χ0n) is 18.5. The summed E-state index contributed by atoms with van der Waals surface area (Å²) < 4.78 is 16.4. The molecule has 168 valence electrons. The predicted octanol–water partition coefficient (Wildman–Crippen LogP) is 4.66. The van der Waals surface area contributed by atoms with Gasteiger partial charge in [-0.1, -0.05) is 38.0 Å². The summed E-state index contributed by atoms with van der Waals surface area (Å²) in [4.78, 5) is 34.7. The fraction of sp³-hybridized carbons (Fsp3) is 0.708. The molecule has 0 bridgehead atoms. The van der Waals surface area contributed by atoms with E-state index in [0.717, 1.165) is 32.1 Å². The first-order chi connectivity index (χ1) is 14.4. The van der Waals surface area contributed by atoms with E-state index in [1.807, 2.05) is 18.2 Å². The summed E-state index contributed by atoms with van der Waals surface area (Å²) in [7, 11) is 0. The van der Waals surface area contributed by atoms with Gasteiger partial charge in [0.1, 0.15) is 12.2 Å². The third kappa shape index (κ3) is 8.72. The van der Waals surface area contributed by atoms with E-state index >= 15 is 0 Å². The van der Waals surface area contributed by atoms with Gasteiger partial charge in [0.15, 0.2) is 6.10 Å². The van der Waals surface area contributed by atoms with Crippen LogP contribution in [0.15, 0.2) is 24.3 Å². The Kier molecular flexibility index (Phi) is 10.1. The van der Waals surface area contributed by atoms with Crippen LogP contribution in [0.1, 0.15) is 78.6 Å². The van der Waals surface area contributed by atoms with E-state index < -0.39 is 24.1 Å². The maximum absolute atomic E-state index is 11.6. The minimum atomic E-state index is -0.637. The second kappa shape index (κ2) is 12.6. The number of carbonyl (C=O) groups excluding carboxylic acids is 3. The van der Waals surface area contributed by atoms with E-state index in [4.69, 9.17) is 14.2 Å². The zero-order chi connectivity index (χ0) is 21.9. The molecule has 1 aliphatic heterocycles. The summed E-state index contributed by atoms with van der Waals surface area (Å²) in [6.45, 7) is 4.88. The van der Waals surface area contributed by atoms with Gasteiger partial charge >= 0.3 is 17.9 Å². The molecule has 0 aromatic rings. The first kappa shape index (κ1) is 24.2. The number of carbonyl (C=O) groups is 3. The monoisotopic (exact) mass is 420 g/mol. The minimum Gasteiger partial charge on any atom is -0.462 e. The number of rotatable bonds is 12. The Labute approximate surface area is 180 Å². The third-order valence-corrected chi connectivity index (χ3v) is 5.56. The van der Waals surface area contributed by atoms with Crippen LogP contribution in [-0.2, 0) is 28.6 Å². The molecule has 6 heteroatoms. The van der Waals surface area contributed by atoms with Crippen molar-refractivity contribution in [2.45, 2.75) is 96.9 Å². The molecule has 0 spiro atoms. The van der Waals surface area contributed by atoms with E-state index in [2.05, 4.69) is 13.0 Å². The van der Waals surface area contributed by atoms with Gasteiger partial charge in [0.25, 0.3) is 0 Å². The Morgan fingerprint density at radius 3 is 2.60 bits per heavy atom. The van der Waals surface area contributed by atoms with E-state index in [0.29, 0.717) is 24.7 Å². The zero-order valence-corrected chi connectivity index (χ0v) is 18.5. The second-order valence-electron chi connectivity index (χ2n) is 8.29. The molecular weight excluding hydrogens is 384 g/mol. The molecule has 6 nitrogen and oxygen atoms in total. The Bertz CT molecular complexity index is 638. The van der Waals surface area contributed by atoms with Gasteiger partial charge in [-0.05, 0) is 44.1 Å². The van der Waals surface area contributed by atoms with Crippen molar-refractivity contribution in [2.75, 3.05) is 0 Å². The standard InChI is InChI=1S/C24H36O6/c1-4-5-6-7-8-9-11-22(28-17(2)25)23(29-18(3)26)15-14-19-16-20(19)21-12-10-13-24(27)30-21/h8-9,14-15,19-23H,4-7,10-13,16H2,1-3H3/b9-8-,15-14+/t19-,20-,21+,22-,23+/m0/s1. The number of allylic oxidation sites excluding steroid dienone is 2. The van der Waals surface area contributed by atoms with Gasteiger partial charge in [-0.3, -0.25) is 14.4 Å². The van der Waals surface area contributed by atoms with Gasteiger partial charge in [-0.15, -0.1) is 0 Å². The van der Waals surface area contributed by atoms with Gasteiger partial charge < -0.3 is 14.2 Å². The Hall–Kier alpha value is -2.11. The minimum absolute atomic E-state index is 0.0107. The van der Waals surface area contributed by atoms with E-state index in [-0.39, 0.29) is 12.1 Å². The lowest BCUT2D eigenvalue weighted by atomic mass is 10.0. The van der Waals surface area contributed by atoms with Crippen LogP contribution in [0.2, 0.25) is 0 Å². The number of cyclic esters (lactones) is 1. The van der Waals surface area contributed by atoms with Crippen molar-refractivity contribution in [3.05, 3.63) is 24.3 Å². The van der Waals surface area contributed by atoms with Crippen LogP contribution >= 0.6 is 0 Å². The van der Waals surface area contributed by atoms with Gasteiger partial charge in [0.05, 0.1) is 0 Å². The molecule has 0 N–H and O–H groups in total. The van der Waals surface area contributed by atoms with Gasteiger partial charge in [0.2, 0.25) is 0 Å². The highest BCUT2D eigenvalue weighted by molar-refractivity contribution is 5.70. The van der Waals surface area contributed by atoms with Crippen LogP contribution in [0.5, 0.6) is 0 Å². The summed E-state index contributed by atoms with van der Waals surface area (Å²) >= 11 is 0. The number of esters is 3. The normalized spacial score (nSPS) is 25.7. The highest BCUT2D eigenvalue weighted by Gasteiger charge is 2.44. The summed E-state index contributed by atoms with van der Waals surface area (Å²) in [5.41, 5.74) is 0.